The second-order valence-electron chi connectivity index (χ2n) is 9.53. The summed E-state index contributed by atoms with van der Waals surface area (Å²) in [7, 11) is 0. The number of amides is 2. The number of carbonyl (C=O) groups is 2. The van der Waals surface area contributed by atoms with Gasteiger partial charge in [-0.3, -0.25) is 9.59 Å². The van der Waals surface area contributed by atoms with E-state index in [9.17, 15) is 9.59 Å². The molecular formula is C29H29N5O2. The van der Waals surface area contributed by atoms with Crippen LogP contribution >= 0.6 is 0 Å². The van der Waals surface area contributed by atoms with E-state index in [-0.39, 0.29) is 11.8 Å². The van der Waals surface area contributed by atoms with Crippen molar-refractivity contribution in [2.45, 2.75) is 32.1 Å². The van der Waals surface area contributed by atoms with Gasteiger partial charge in [-0.25, -0.2) is 4.98 Å². The van der Waals surface area contributed by atoms with Crippen LogP contribution in [0.1, 0.15) is 62.6 Å². The molecule has 0 bridgehead atoms. The molecule has 5 rings (SSSR count). The van der Waals surface area contributed by atoms with Crippen LogP contribution in [-0.2, 0) is 0 Å². The Hall–Kier alpha value is -4.18. The molecule has 2 amide bonds. The van der Waals surface area contributed by atoms with Gasteiger partial charge in [0.2, 0.25) is 0 Å². The number of aryl methyl sites for hydroxylation is 1. The van der Waals surface area contributed by atoms with Crippen molar-refractivity contribution in [1.29, 1.82) is 5.26 Å². The summed E-state index contributed by atoms with van der Waals surface area (Å²) in [6.45, 7) is 5.28. The van der Waals surface area contributed by atoms with Gasteiger partial charge in [0.05, 0.1) is 17.2 Å². The lowest BCUT2D eigenvalue weighted by Gasteiger charge is -2.32. The molecule has 0 atom stereocenters. The average Bonchev–Trinajstić information content (AvgIpc) is 2.89. The molecule has 1 N–H and O–H groups in total. The number of pyridine rings is 1. The van der Waals surface area contributed by atoms with E-state index in [0.717, 1.165) is 37.3 Å². The van der Waals surface area contributed by atoms with Crippen LogP contribution in [0, 0.1) is 18.3 Å². The third kappa shape index (κ3) is 4.94. The van der Waals surface area contributed by atoms with E-state index in [4.69, 9.17) is 5.26 Å². The molecule has 0 saturated carbocycles. The summed E-state index contributed by atoms with van der Waals surface area (Å²) in [6, 6.07) is 19.0. The van der Waals surface area contributed by atoms with Gasteiger partial charge in [-0.15, -0.1) is 0 Å². The summed E-state index contributed by atoms with van der Waals surface area (Å²) in [5.41, 5.74) is 4.45. The molecule has 182 valence electrons. The number of hydrogen-bond acceptors (Lipinski definition) is 5. The minimum absolute atomic E-state index is 0.0238. The topological polar surface area (TPSA) is 89.3 Å². The molecule has 0 aliphatic carbocycles. The number of hydrogen-bond donors (Lipinski definition) is 1. The third-order valence-electron chi connectivity index (χ3n) is 7.22. The van der Waals surface area contributed by atoms with E-state index >= 15 is 0 Å². The molecule has 2 aromatic carbocycles. The zero-order valence-corrected chi connectivity index (χ0v) is 20.4. The summed E-state index contributed by atoms with van der Waals surface area (Å²) in [4.78, 5) is 34.6. The Morgan fingerprint density at radius 2 is 1.69 bits per heavy atom. The van der Waals surface area contributed by atoms with E-state index in [1.165, 1.54) is 12.0 Å². The van der Waals surface area contributed by atoms with Gasteiger partial charge in [0.25, 0.3) is 11.8 Å². The van der Waals surface area contributed by atoms with Gasteiger partial charge < -0.3 is 15.1 Å². The Morgan fingerprint density at radius 1 is 0.972 bits per heavy atom. The number of nitrogens with one attached hydrogen (secondary N) is 1. The zero-order chi connectivity index (χ0) is 25.1. The Morgan fingerprint density at radius 3 is 2.31 bits per heavy atom. The van der Waals surface area contributed by atoms with Crippen molar-refractivity contribution < 1.29 is 9.59 Å². The Labute approximate surface area is 211 Å². The van der Waals surface area contributed by atoms with E-state index in [2.05, 4.69) is 21.3 Å². The molecule has 2 fully saturated rings. The molecule has 0 radical (unpaired) electrons. The summed E-state index contributed by atoms with van der Waals surface area (Å²) >= 11 is 0. The number of aromatic nitrogens is 1. The number of nitrogens with zero attached hydrogens (tertiary/aromatic N) is 4. The summed E-state index contributed by atoms with van der Waals surface area (Å²) in [6.07, 6.45) is 4.54. The van der Waals surface area contributed by atoms with Gasteiger partial charge in [0, 0.05) is 43.6 Å². The van der Waals surface area contributed by atoms with Gasteiger partial charge in [-0.1, -0.05) is 18.2 Å². The summed E-state index contributed by atoms with van der Waals surface area (Å²) < 4.78 is 0. The quantitative estimate of drug-likeness (QED) is 0.571. The highest BCUT2D eigenvalue weighted by atomic mass is 16.2. The fourth-order valence-corrected chi connectivity index (χ4v) is 4.77. The van der Waals surface area contributed by atoms with Crippen molar-refractivity contribution in [1.82, 2.24) is 9.88 Å². The number of benzene rings is 2. The monoisotopic (exact) mass is 479 g/mol. The first-order valence-electron chi connectivity index (χ1n) is 12.4. The van der Waals surface area contributed by atoms with Gasteiger partial charge in [0.1, 0.15) is 5.82 Å². The van der Waals surface area contributed by atoms with Crippen molar-refractivity contribution in [3.63, 3.8) is 0 Å². The molecule has 2 saturated heterocycles. The van der Waals surface area contributed by atoms with Crippen molar-refractivity contribution in [3.05, 3.63) is 88.6 Å². The maximum absolute atomic E-state index is 13.2. The number of piperidine rings is 1. The maximum Gasteiger partial charge on any atom is 0.257 e. The van der Waals surface area contributed by atoms with Gasteiger partial charge >= 0.3 is 0 Å². The summed E-state index contributed by atoms with van der Waals surface area (Å²) in [5, 5.41) is 12.0. The van der Waals surface area contributed by atoms with Crippen LogP contribution in [0.4, 0.5) is 11.5 Å². The normalized spacial score (nSPS) is 15.7. The predicted octanol–water partition coefficient (Wildman–Crippen LogP) is 4.74. The lowest BCUT2D eigenvalue weighted by atomic mass is 9.89. The van der Waals surface area contributed by atoms with E-state index < -0.39 is 0 Å². The number of anilines is 2. The Bertz CT molecular complexity index is 1300. The molecule has 2 aliphatic rings. The van der Waals surface area contributed by atoms with Crippen molar-refractivity contribution in [2.24, 2.45) is 0 Å². The smallest absolute Gasteiger partial charge is 0.257 e. The molecule has 7 heteroatoms. The molecular weight excluding hydrogens is 450 g/mol. The fourth-order valence-electron chi connectivity index (χ4n) is 4.77. The highest BCUT2D eigenvalue weighted by Gasteiger charge is 2.25. The molecule has 3 aromatic rings. The van der Waals surface area contributed by atoms with Crippen LogP contribution in [0.25, 0.3) is 0 Å². The predicted molar refractivity (Wildman–Crippen MR) is 139 cm³/mol. The van der Waals surface area contributed by atoms with Gasteiger partial charge in [0.15, 0.2) is 0 Å². The van der Waals surface area contributed by atoms with Crippen LogP contribution in [0.2, 0.25) is 0 Å². The number of carbonyl (C=O) groups excluding carboxylic acids is 2. The van der Waals surface area contributed by atoms with Crippen LogP contribution in [0.15, 0.2) is 60.8 Å². The maximum atomic E-state index is 13.2. The van der Waals surface area contributed by atoms with E-state index in [0.29, 0.717) is 41.4 Å². The molecule has 0 unspecified atom stereocenters. The molecule has 7 nitrogen and oxygen atoms in total. The standard InChI is InChI=1S/C29H29N5O2/c1-20-3-6-24(17-26(20)32-28(35)25-9-10-27(31-19-25)33-13-2-14-33)29(36)34-15-11-23(12-16-34)22-7-4-21(18-30)5-8-22/h3-10,17,19,23H,2,11-16H2,1H3,(H,32,35). The molecule has 3 heterocycles. The summed E-state index contributed by atoms with van der Waals surface area (Å²) in [5.74, 6) is 1.01. The van der Waals surface area contributed by atoms with Gasteiger partial charge in [-0.2, -0.15) is 5.26 Å². The van der Waals surface area contributed by atoms with Crippen LogP contribution in [0.5, 0.6) is 0 Å². The lowest BCUT2D eigenvalue weighted by Crippen LogP contribution is -2.38. The molecule has 0 spiro atoms. The highest BCUT2D eigenvalue weighted by Crippen LogP contribution is 2.29. The van der Waals surface area contributed by atoms with E-state index in [1.807, 2.05) is 54.3 Å². The molecule has 2 aliphatic heterocycles. The first-order chi connectivity index (χ1) is 17.5. The zero-order valence-electron chi connectivity index (χ0n) is 20.4. The first kappa shape index (κ1) is 23.6. The van der Waals surface area contributed by atoms with Crippen molar-refractivity contribution in [3.8, 4) is 6.07 Å². The number of nitriles is 1. The number of likely N-dealkylation sites (tertiary alicyclic amines) is 1. The second kappa shape index (κ2) is 10.2. The minimum atomic E-state index is -0.242. The van der Waals surface area contributed by atoms with Crippen molar-refractivity contribution in [2.75, 3.05) is 36.4 Å². The van der Waals surface area contributed by atoms with Crippen LogP contribution < -0.4 is 10.2 Å². The minimum Gasteiger partial charge on any atom is -0.356 e. The first-order valence-corrected chi connectivity index (χ1v) is 12.4. The molecule has 36 heavy (non-hydrogen) atoms. The number of rotatable bonds is 5. The second-order valence-corrected chi connectivity index (χ2v) is 9.53. The average molecular weight is 480 g/mol. The van der Waals surface area contributed by atoms with E-state index in [1.54, 1.807) is 18.3 Å². The lowest BCUT2D eigenvalue weighted by molar-refractivity contribution is 0.0712. The highest BCUT2D eigenvalue weighted by molar-refractivity contribution is 6.05. The third-order valence-corrected chi connectivity index (χ3v) is 7.22. The van der Waals surface area contributed by atoms with Crippen LogP contribution in [0.3, 0.4) is 0 Å². The van der Waals surface area contributed by atoms with Crippen LogP contribution in [-0.4, -0.2) is 47.9 Å². The Balaban J connectivity index is 1.22. The molecule has 1 aromatic heterocycles. The van der Waals surface area contributed by atoms with Gasteiger partial charge in [-0.05, 0) is 79.6 Å². The fraction of sp³-hybridized carbons (Fsp3) is 0.310. The SMILES string of the molecule is Cc1ccc(C(=O)N2CCC(c3ccc(C#N)cc3)CC2)cc1NC(=O)c1ccc(N2CCC2)nc1. The van der Waals surface area contributed by atoms with Crippen molar-refractivity contribution >= 4 is 23.3 Å². The Kier molecular flexibility index (Phi) is 6.68. The largest absolute Gasteiger partial charge is 0.356 e.